The summed E-state index contributed by atoms with van der Waals surface area (Å²) in [6.07, 6.45) is 3.01. The van der Waals surface area contributed by atoms with Crippen molar-refractivity contribution >= 4 is 11.6 Å². The van der Waals surface area contributed by atoms with E-state index in [1.54, 1.807) is 7.11 Å². The zero-order valence-corrected chi connectivity index (χ0v) is 14.8. The summed E-state index contributed by atoms with van der Waals surface area (Å²) in [6, 6.07) is 8.60. The first-order chi connectivity index (χ1) is 11.7. The molecule has 3 rings (SSSR count). The van der Waals surface area contributed by atoms with E-state index in [9.17, 15) is 4.79 Å². The smallest absolute Gasteiger partial charge is 0.223 e. The van der Waals surface area contributed by atoms with Gasteiger partial charge in [-0.2, -0.15) is 0 Å². The summed E-state index contributed by atoms with van der Waals surface area (Å²) in [5.74, 6) is 1.84. The van der Waals surface area contributed by atoms with Gasteiger partial charge in [0.15, 0.2) is 0 Å². The Hall–Kier alpha value is -1.75. The number of piperidine rings is 1. The summed E-state index contributed by atoms with van der Waals surface area (Å²) in [5, 5.41) is 6.59. The molecule has 1 unspecified atom stereocenters. The molecule has 0 spiro atoms. The maximum absolute atomic E-state index is 12.4. The number of hydrogen-bond donors (Lipinski definition) is 2. The predicted molar refractivity (Wildman–Crippen MR) is 96.5 cm³/mol. The van der Waals surface area contributed by atoms with Gasteiger partial charge in [-0.3, -0.25) is 4.79 Å². The lowest BCUT2D eigenvalue weighted by molar-refractivity contribution is -0.126. The minimum Gasteiger partial charge on any atom is -0.495 e. The summed E-state index contributed by atoms with van der Waals surface area (Å²) in [6.45, 7) is 5.88. The second kappa shape index (κ2) is 7.88. The Kier molecular flexibility index (Phi) is 5.61. The van der Waals surface area contributed by atoms with E-state index < -0.39 is 0 Å². The lowest BCUT2D eigenvalue weighted by Crippen LogP contribution is -2.43. The number of benzene rings is 1. The quantitative estimate of drug-likeness (QED) is 0.867. The number of nitrogens with zero attached hydrogens (tertiary/aromatic N) is 1. The summed E-state index contributed by atoms with van der Waals surface area (Å²) in [7, 11) is 1.71. The van der Waals surface area contributed by atoms with Crippen LogP contribution in [0.25, 0.3) is 0 Å². The van der Waals surface area contributed by atoms with E-state index in [1.165, 1.54) is 0 Å². The van der Waals surface area contributed by atoms with Gasteiger partial charge in [-0.1, -0.05) is 12.1 Å². The minimum atomic E-state index is 0.174. The highest BCUT2D eigenvalue weighted by Gasteiger charge is 2.28. The zero-order valence-electron chi connectivity index (χ0n) is 14.8. The molecule has 0 saturated carbocycles. The number of rotatable bonds is 5. The predicted octanol–water partition coefficient (Wildman–Crippen LogP) is 2.03. The normalized spacial score (nSPS) is 27.1. The van der Waals surface area contributed by atoms with Gasteiger partial charge in [0.05, 0.1) is 12.8 Å². The van der Waals surface area contributed by atoms with Gasteiger partial charge in [0.2, 0.25) is 5.91 Å². The van der Waals surface area contributed by atoms with Crippen molar-refractivity contribution in [1.82, 2.24) is 10.6 Å². The molecule has 0 aromatic heterocycles. The largest absolute Gasteiger partial charge is 0.495 e. The summed E-state index contributed by atoms with van der Waals surface area (Å²) in [4.78, 5) is 14.7. The topological polar surface area (TPSA) is 53.6 Å². The van der Waals surface area contributed by atoms with Crippen LogP contribution in [0.5, 0.6) is 5.75 Å². The maximum Gasteiger partial charge on any atom is 0.223 e. The number of amides is 1. The molecule has 2 N–H and O–H groups in total. The average molecular weight is 331 g/mol. The SMILES string of the molecule is COc1ccccc1N1CCC(CNC(=O)[C@H]2CCN[C@@H](C)C2)C1. The monoisotopic (exact) mass is 331 g/mol. The highest BCUT2D eigenvalue weighted by molar-refractivity contribution is 5.78. The van der Waals surface area contributed by atoms with Gasteiger partial charge >= 0.3 is 0 Å². The van der Waals surface area contributed by atoms with Crippen molar-refractivity contribution in [3.8, 4) is 5.75 Å². The molecule has 0 bridgehead atoms. The minimum absolute atomic E-state index is 0.174. The maximum atomic E-state index is 12.4. The van der Waals surface area contributed by atoms with E-state index in [4.69, 9.17) is 4.74 Å². The van der Waals surface area contributed by atoms with Gasteiger partial charge in [0, 0.05) is 31.6 Å². The highest BCUT2D eigenvalue weighted by Crippen LogP contribution is 2.31. The van der Waals surface area contributed by atoms with Crippen molar-refractivity contribution in [1.29, 1.82) is 0 Å². The Balaban J connectivity index is 1.49. The van der Waals surface area contributed by atoms with Crippen molar-refractivity contribution in [3.05, 3.63) is 24.3 Å². The van der Waals surface area contributed by atoms with Crippen molar-refractivity contribution in [2.45, 2.75) is 32.2 Å². The number of anilines is 1. The number of nitrogens with one attached hydrogen (secondary N) is 2. The van der Waals surface area contributed by atoms with E-state index in [-0.39, 0.29) is 11.8 Å². The second-order valence-corrected chi connectivity index (χ2v) is 7.09. The Morgan fingerprint density at radius 1 is 1.38 bits per heavy atom. The fourth-order valence-electron chi connectivity index (χ4n) is 3.87. The molecule has 2 aliphatic heterocycles. The molecular formula is C19H29N3O2. The molecule has 132 valence electrons. The number of carbonyl (C=O) groups is 1. The Morgan fingerprint density at radius 2 is 2.21 bits per heavy atom. The first-order valence-electron chi connectivity index (χ1n) is 9.06. The van der Waals surface area contributed by atoms with E-state index >= 15 is 0 Å². The molecule has 5 heteroatoms. The van der Waals surface area contributed by atoms with Crippen molar-refractivity contribution in [2.24, 2.45) is 11.8 Å². The van der Waals surface area contributed by atoms with Crippen LogP contribution in [0.15, 0.2) is 24.3 Å². The molecule has 2 fully saturated rings. The van der Waals surface area contributed by atoms with Crippen LogP contribution in [0.4, 0.5) is 5.69 Å². The molecule has 0 radical (unpaired) electrons. The van der Waals surface area contributed by atoms with Crippen LogP contribution in [-0.4, -0.2) is 45.2 Å². The third-order valence-electron chi connectivity index (χ3n) is 5.27. The molecule has 3 atom stereocenters. The van der Waals surface area contributed by atoms with Gasteiger partial charge in [-0.05, 0) is 50.8 Å². The molecular weight excluding hydrogens is 302 g/mol. The summed E-state index contributed by atoms with van der Waals surface area (Å²) >= 11 is 0. The average Bonchev–Trinajstić information content (AvgIpc) is 3.08. The molecule has 1 aromatic carbocycles. The van der Waals surface area contributed by atoms with Gasteiger partial charge in [0.25, 0.3) is 0 Å². The van der Waals surface area contributed by atoms with Gasteiger partial charge in [0.1, 0.15) is 5.75 Å². The molecule has 24 heavy (non-hydrogen) atoms. The molecule has 2 aliphatic rings. The summed E-state index contributed by atoms with van der Waals surface area (Å²) < 4.78 is 5.46. The molecule has 1 amide bonds. The van der Waals surface area contributed by atoms with Crippen molar-refractivity contribution < 1.29 is 9.53 Å². The van der Waals surface area contributed by atoms with Crippen LogP contribution in [0.3, 0.4) is 0 Å². The third-order valence-corrected chi connectivity index (χ3v) is 5.27. The van der Waals surface area contributed by atoms with E-state index in [1.807, 2.05) is 18.2 Å². The molecule has 1 aromatic rings. The van der Waals surface area contributed by atoms with E-state index in [0.717, 1.165) is 56.9 Å². The number of hydrogen-bond acceptors (Lipinski definition) is 4. The highest BCUT2D eigenvalue weighted by atomic mass is 16.5. The van der Waals surface area contributed by atoms with E-state index in [0.29, 0.717) is 12.0 Å². The second-order valence-electron chi connectivity index (χ2n) is 7.09. The molecule has 5 nitrogen and oxygen atoms in total. The van der Waals surface area contributed by atoms with Gasteiger partial charge < -0.3 is 20.3 Å². The zero-order chi connectivity index (χ0) is 16.9. The lowest BCUT2D eigenvalue weighted by Gasteiger charge is -2.27. The van der Waals surface area contributed by atoms with Crippen LogP contribution in [-0.2, 0) is 4.79 Å². The van der Waals surface area contributed by atoms with Gasteiger partial charge in [-0.15, -0.1) is 0 Å². The Labute approximate surface area is 144 Å². The Bertz CT molecular complexity index is 563. The van der Waals surface area contributed by atoms with Crippen molar-refractivity contribution in [2.75, 3.05) is 38.2 Å². The van der Waals surface area contributed by atoms with E-state index in [2.05, 4.69) is 28.5 Å². The molecule has 2 heterocycles. The Morgan fingerprint density at radius 3 is 3.00 bits per heavy atom. The van der Waals surface area contributed by atoms with Crippen LogP contribution in [0.1, 0.15) is 26.2 Å². The summed E-state index contributed by atoms with van der Waals surface area (Å²) in [5.41, 5.74) is 1.15. The fraction of sp³-hybridized carbons (Fsp3) is 0.632. The van der Waals surface area contributed by atoms with Crippen LogP contribution < -0.4 is 20.3 Å². The number of ether oxygens (including phenoxy) is 1. The van der Waals surface area contributed by atoms with Crippen LogP contribution in [0, 0.1) is 11.8 Å². The first-order valence-corrected chi connectivity index (χ1v) is 9.06. The van der Waals surface area contributed by atoms with Gasteiger partial charge in [-0.25, -0.2) is 0 Å². The molecule has 0 aliphatic carbocycles. The fourth-order valence-corrected chi connectivity index (χ4v) is 3.87. The third kappa shape index (κ3) is 4.01. The first kappa shape index (κ1) is 17.1. The molecule has 2 saturated heterocycles. The number of para-hydroxylation sites is 2. The number of carbonyl (C=O) groups excluding carboxylic acids is 1. The lowest BCUT2D eigenvalue weighted by atomic mass is 9.92. The van der Waals surface area contributed by atoms with Crippen LogP contribution >= 0.6 is 0 Å². The van der Waals surface area contributed by atoms with Crippen LogP contribution in [0.2, 0.25) is 0 Å². The number of methoxy groups -OCH3 is 1. The van der Waals surface area contributed by atoms with Crippen molar-refractivity contribution in [3.63, 3.8) is 0 Å². The standard InChI is InChI=1S/C19H29N3O2/c1-14-11-16(7-9-20-14)19(23)21-12-15-8-10-22(13-15)17-5-3-4-6-18(17)24-2/h3-6,14-16,20H,7-13H2,1-2H3,(H,21,23)/t14-,15?,16-/m0/s1.